The van der Waals surface area contributed by atoms with Crippen LogP contribution in [-0.4, -0.2) is 6.29 Å². The second-order valence-electron chi connectivity index (χ2n) is 4.49. The SMILES string of the molecule is O=CC1=Cc2cc(Br)ccc2O[C@@H]1c1ccc(F)cc1. The fraction of sp³-hybridized carbons (Fsp3) is 0.0625. The molecule has 0 amide bonds. The molecule has 1 aliphatic heterocycles. The molecule has 3 rings (SSSR count). The molecule has 0 spiro atoms. The second-order valence-corrected chi connectivity index (χ2v) is 5.41. The lowest BCUT2D eigenvalue weighted by Crippen LogP contribution is -2.15. The van der Waals surface area contributed by atoms with Gasteiger partial charge in [-0.25, -0.2) is 4.39 Å². The van der Waals surface area contributed by atoms with Gasteiger partial charge in [-0.15, -0.1) is 0 Å². The van der Waals surface area contributed by atoms with Crippen molar-refractivity contribution >= 4 is 28.3 Å². The summed E-state index contributed by atoms with van der Waals surface area (Å²) in [7, 11) is 0. The maximum absolute atomic E-state index is 13.0. The smallest absolute Gasteiger partial charge is 0.152 e. The molecule has 0 bridgehead atoms. The molecule has 4 heteroatoms. The summed E-state index contributed by atoms with van der Waals surface area (Å²) in [6.45, 7) is 0. The molecular formula is C16H10BrFO2. The third-order valence-corrected chi connectivity index (χ3v) is 3.64. The van der Waals surface area contributed by atoms with Crippen molar-refractivity contribution in [1.29, 1.82) is 0 Å². The van der Waals surface area contributed by atoms with Gasteiger partial charge >= 0.3 is 0 Å². The zero-order chi connectivity index (χ0) is 14.1. The predicted octanol–water partition coefficient (Wildman–Crippen LogP) is 4.30. The zero-order valence-electron chi connectivity index (χ0n) is 10.3. The number of carbonyl (C=O) groups is 1. The number of ether oxygens (including phenoxy) is 1. The van der Waals surface area contributed by atoms with Gasteiger partial charge in [0.25, 0.3) is 0 Å². The normalized spacial score (nSPS) is 16.9. The number of fused-ring (bicyclic) bond motifs is 1. The highest BCUT2D eigenvalue weighted by atomic mass is 79.9. The van der Waals surface area contributed by atoms with Crippen LogP contribution in [-0.2, 0) is 4.79 Å². The number of benzene rings is 2. The van der Waals surface area contributed by atoms with Gasteiger partial charge in [0.1, 0.15) is 17.9 Å². The number of halogens is 2. The van der Waals surface area contributed by atoms with Crippen molar-refractivity contribution in [2.24, 2.45) is 0 Å². The van der Waals surface area contributed by atoms with Gasteiger partial charge in [-0.05, 0) is 42.0 Å². The first-order valence-electron chi connectivity index (χ1n) is 6.06. The summed E-state index contributed by atoms with van der Waals surface area (Å²) >= 11 is 3.39. The third kappa shape index (κ3) is 2.39. The van der Waals surface area contributed by atoms with Crippen LogP contribution >= 0.6 is 15.9 Å². The minimum Gasteiger partial charge on any atom is -0.480 e. The van der Waals surface area contributed by atoms with Crippen LogP contribution in [0.2, 0.25) is 0 Å². The predicted molar refractivity (Wildman–Crippen MR) is 78.0 cm³/mol. The summed E-state index contributed by atoms with van der Waals surface area (Å²) in [5.41, 5.74) is 2.11. The van der Waals surface area contributed by atoms with E-state index in [9.17, 15) is 9.18 Å². The van der Waals surface area contributed by atoms with E-state index in [1.54, 1.807) is 18.2 Å². The summed E-state index contributed by atoms with van der Waals surface area (Å²) in [6, 6.07) is 11.6. The van der Waals surface area contributed by atoms with Crippen LogP contribution < -0.4 is 4.74 Å². The average molecular weight is 333 g/mol. The Bertz CT molecular complexity index is 692. The van der Waals surface area contributed by atoms with Gasteiger partial charge < -0.3 is 4.74 Å². The average Bonchev–Trinajstić information content (AvgIpc) is 2.46. The molecule has 2 aromatic rings. The molecular weight excluding hydrogens is 323 g/mol. The summed E-state index contributed by atoms with van der Waals surface area (Å²) in [6.07, 6.45) is 2.07. The number of rotatable bonds is 2. The van der Waals surface area contributed by atoms with Crippen molar-refractivity contribution in [3.63, 3.8) is 0 Å². The lowest BCUT2D eigenvalue weighted by Gasteiger charge is -2.25. The van der Waals surface area contributed by atoms with Gasteiger partial charge in [0, 0.05) is 15.6 Å². The van der Waals surface area contributed by atoms with E-state index in [1.165, 1.54) is 12.1 Å². The first-order valence-corrected chi connectivity index (χ1v) is 6.85. The Labute approximate surface area is 124 Å². The minimum atomic E-state index is -0.498. The van der Waals surface area contributed by atoms with Crippen molar-refractivity contribution < 1.29 is 13.9 Å². The van der Waals surface area contributed by atoms with E-state index in [0.29, 0.717) is 11.3 Å². The van der Waals surface area contributed by atoms with E-state index in [0.717, 1.165) is 21.9 Å². The Balaban J connectivity index is 2.04. The van der Waals surface area contributed by atoms with Crippen molar-refractivity contribution in [3.05, 3.63) is 69.5 Å². The third-order valence-electron chi connectivity index (χ3n) is 3.15. The molecule has 0 saturated heterocycles. The van der Waals surface area contributed by atoms with E-state index in [2.05, 4.69) is 15.9 Å². The molecule has 0 aliphatic carbocycles. The monoisotopic (exact) mass is 332 g/mol. The molecule has 0 saturated carbocycles. The summed E-state index contributed by atoms with van der Waals surface area (Å²) in [4.78, 5) is 11.3. The lowest BCUT2D eigenvalue weighted by atomic mass is 9.97. The quantitative estimate of drug-likeness (QED) is 0.766. The molecule has 1 aliphatic rings. The fourth-order valence-electron chi connectivity index (χ4n) is 2.18. The van der Waals surface area contributed by atoms with Crippen LogP contribution in [0.5, 0.6) is 5.75 Å². The molecule has 1 heterocycles. The number of hydrogen-bond acceptors (Lipinski definition) is 2. The summed E-state index contributed by atoms with van der Waals surface area (Å²) in [5, 5.41) is 0. The molecule has 0 unspecified atom stereocenters. The summed E-state index contributed by atoms with van der Waals surface area (Å²) in [5.74, 6) is 0.388. The lowest BCUT2D eigenvalue weighted by molar-refractivity contribution is -0.105. The van der Waals surface area contributed by atoms with Crippen LogP contribution in [0.3, 0.4) is 0 Å². The molecule has 100 valence electrons. The largest absolute Gasteiger partial charge is 0.480 e. The fourth-order valence-corrected chi connectivity index (χ4v) is 2.56. The molecule has 20 heavy (non-hydrogen) atoms. The van der Waals surface area contributed by atoms with Gasteiger partial charge in [-0.3, -0.25) is 4.79 Å². The van der Waals surface area contributed by atoms with Crippen LogP contribution in [0, 0.1) is 5.82 Å². The maximum Gasteiger partial charge on any atom is 0.152 e. The molecule has 2 nitrogen and oxygen atoms in total. The van der Waals surface area contributed by atoms with E-state index < -0.39 is 6.10 Å². The number of hydrogen-bond donors (Lipinski definition) is 0. The Morgan fingerprint density at radius 1 is 1.15 bits per heavy atom. The van der Waals surface area contributed by atoms with Gasteiger partial charge in [0.05, 0.1) is 0 Å². The molecule has 0 aromatic heterocycles. The Morgan fingerprint density at radius 2 is 1.90 bits per heavy atom. The molecule has 0 N–H and O–H groups in total. The first kappa shape index (κ1) is 13.1. The highest BCUT2D eigenvalue weighted by molar-refractivity contribution is 9.10. The van der Waals surface area contributed by atoms with Gasteiger partial charge in [-0.1, -0.05) is 28.1 Å². The van der Waals surface area contributed by atoms with Gasteiger partial charge in [0.2, 0.25) is 0 Å². The van der Waals surface area contributed by atoms with Crippen molar-refractivity contribution in [3.8, 4) is 5.75 Å². The number of aldehydes is 1. The van der Waals surface area contributed by atoms with E-state index in [1.807, 2.05) is 18.2 Å². The highest BCUT2D eigenvalue weighted by Gasteiger charge is 2.24. The Hall–Kier alpha value is -1.94. The zero-order valence-corrected chi connectivity index (χ0v) is 11.9. The Morgan fingerprint density at radius 3 is 2.60 bits per heavy atom. The molecule has 1 atom stereocenters. The van der Waals surface area contributed by atoms with Gasteiger partial charge in [-0.2, -0.15) is 0 Å². The molecule has 2 aromatic carbocycles. The second kappa shape index (κ2) is 5.21. The van der Waals surface area contributed by atoms with Crippen molar-refractivity contribution in [2.45, 2.75) is 6.10 Å². The topological polar surface area (TPSA) is 26.3 Å². The Kier molecular flexibility index (Phi) is 3.40. The van der Waals surface area contributed by atoms with E-state index in [4.69, 9.17) is 4.74 Å². The molecule has 0 fully saturated rings. The summed E-state index contributed by atoms with van der Waals surface area (Å²) < 4.78 is 19.8. The standard InChI is InChI=1S/C16H10BrFO2/c17-13-3-6-15-11(8-13)7-12(9-19)16(20-15)10-1-4-14(18)5-2-10/h1-9,16H/t16-/m1/s1. The maximum atomic E-state index is 13.0. The van der Waals surface area contributed by atoms with E-state index >= 15 is 0 Å². The van der Waals surface area contributed by atoms with E-state index in [-0.39, 0.29) is 5.82 Å². The molecule has 0 radical (unpaired) electrons. The van der Waals surface area contributed by atoms with Gasteiger partial charge in [0.15, 0.2) is 6.10 Å². The van der Waals surface area contributed by atoms with Crippen LogP contribution in [0.15, 0.2) is 52.5 Å². The minimum absolute atomic E-state index is 0.314. The highest BCUT2D eigenvalue weighted by Crippen LogP contribution is 2.37. The first-order chi connectivity index (χ1) is 9.67. The van der Waals surface area contributed by atoms with Crippen LogP contribution in [0.4, 0.5) is 4.39 Å². The van der Waals surface area contributed by atoms with Crippen LogP contribution in [0.1, 0.15) is 17.2 Å². The number of carbonyl (C=O) groups excluding carboxylic acids is 1. The van der Waals surface area contributed by atoms with Crippen molar-refractivity contribution in [2.75, 3.05) is 0 Å². The van der Waals surface area contributed by atoms with Crippen molar-refractivity contribution in [1.82, 2.24) is 0 Å². The van der Waals surface area contributed by atoms with Crippen LogP contribution in [0.25, 0.3) is 6.08 Å².